The molecule has 35 heavy (non-hydrogen) atoms. The van der Waals surface area contributed by atoms with Crippen LogP contribution in [0.4, 0.5) is 5.69 Å². The highest BCUT2D eigenvalue weighted by atomic mass is 32.2. The van der Waals surface area contributed by atoms with E-state index in [1.54, 1.807) is 38.4 Å². The molecule has 2 aromatic carbocycles. The van der Waals surface area contributed by atoms with E-state index in [0.29, 0.717) is 44.9 Å². The van der Waals surface area contributed by atoms with Crippen molar-refractivity contribution in [3.63, 3.8) is 0 Å². The van der Waals surface area contributed by atoms with Crippen molar-refractivity contribution in [3.8, 4) is 34.4 Å². The summed E-state index contributed by atoms with van der Waals surface area (Å²) < 4.78 is 23.1. The minimum absolute atomic E-state index is 0.224. The summed E-state index contributed by atoms with van der Waals surface area (Å²) in [5.74, 6) is 2.38. The second kappa shape index (κ2) is 10.8. The van der Waals surface area contributed by atoms with Gasteiger partial charge in [-0.3, -0.25) is 9.69 Å². The number of anilines is 1. The summed E-state index contributed by atoms with van der Waals surface area (Å²) in [6.07, 6.45) is 1.21. The van der Waals surface area contributed by atoms with Crippen LogP contribution in [0.5, 0.6) is 23.1 Å². The fraction of sp³-hybridized carbons (Fsp3) is 0.360. The number of benzene rings is 2. The maximum atomic E-state index is 13.1. The smallest absolute Gasteiger partial charge is 0.247 e. The predicted molar refractivity (Wildman–Crippen MR) is 134 cm³/mol. The largest absolute Gasteiger partial charge is 0.496 e. The lowest BCUT2D eigenvalue weighted by Crippen LogP contribution is -2.36. The number of ether oxygens (including phenoxy) is 4. The molecule has 0 spiro atoms. The van der Waals surface area contributed by atoms with E-state index in [1.165, 1.54) is 18.7 Å². The summed E-state index contributed by atoms with van der Waals surface area (Å²) in [6.45, 7) is 3.62. The third-order valence-electron chi connectivity index (χ3n) is 5.58. The van der Waals surface area contributed by atoms with E-state index >= 15 is 0 Å². The average molecular weight is 497 g/mol. The van der Waals surface area contributed by atoms with Gasteiger partial charge in [-0.25, -0.2) is 0 Å². The first-order chi connectivity index (χ1) is 17.0. The number of methoxy groups -OCH3 is 3. The molecule has 0 radical (unpaired) electrons. The van der Waals surface area contributed by atoms with Crippen LogP contribution < -0.4 is 23.8 Å². The molecular formula is C25H28N4O5S. The molecule has 1 aliphatic heterocycles. The monoisotopic (exact) mass is 496 g/mol. The summed E-state index contributed by atoms with van der Waals surface area (Å²) in [5.41, 5.74) is 2.36. The fourth-order valence-electron chi connectivity index (χ4n) is 3.87. The van der Waals surface area contributed by atoms with Crippen molar-refractivity contribution in [2.45, 2.75) is 38.1 Å². The molecule has 2 heterocycles. The number of thioether (sulfide) groups is 1. The number of fused-ring (bicyclic) bond motifs is 3. The molecule has 10 heteroatoms. The minimum atomic E-state index is -0.908. The quantitative estimate of drug-likeness (QED) is 0.319. The van der Waals surface area contributed by atoms with Crippen molar-refractivity contribution >= 4 is 23.4 Å². The third kappa shape index (κ3) is 4.84. The number of nitrogens with zero attached hydrogens (tertiary/aromatic N) is 4. The van der Waals surface area contributed by atoms with Gasteiger partial charge in [0.05, 0.1) is 32.6 Å². The first-order valence-corrected chi connectivity index (χ1v) is 12.2. The van der Waals surface area contributed by atoms with Gasteiger partial charge in [0.15, 0.2) is 17.2 Å². The standard InChI is InChI=1S/C25H28N4O5S/c1-6-7-12-35-25-26-23-22(27-28-25)16-10-8-9-11-18(16)29(15(2)30)24(34-23)17-13-20(32-4)21(33-5)14-19(17)31-3/h8-11,13-14,24H,6-7,12H2,1-5H3. The van der Waals surface area contributed by atoms with Crippen LogP contribution in [0.25, 0.3) is 11.3 Å². The lowest BCUT2D eigenvalue weighted by Gasteiger charge is -2.31. The summed E-state index contributed by atoms with van der Waals surface area (Å²) >= 11 is 1.52. The van der Waals surface area contributed by atoms with Crippen LogP contribution in [0.3, 0.4) is 0 Å². The molecule has 9 nitrogen and oxygen atoms in total. The predicted octanol–water partition coefficient (Wildman–Crippen LogP) is 4.90. The van der Waals surface area contributed by atoms with Gasteiger partial charge in [0.2, 0.25) is 23.2 Å². The van der Waals surface area contributed by atoms with Gasteiger partial charge >= 0.3 is 0 Å². The van der Waals surface area contributed by atoms with Gasteiger partial charge in [-0.1, -0.05) is 43.3 Å². The molecule has 3 aromatic rings. The van der Waals surface area contributed by atoms with Crippen LogP contribution in [-0.2, 0) is 4.79 Å². The number of hydrogen-bond donors (Lipinski definition) is 0. The van der Waals surface area contributed by atoms with Gasteiger partial charge in [-0.05, 0) is 18.6 Å². The average Bonchev–Trinajstić information content (AvgIpc) is 3.02. The topological polar surface area (TPSA) is 95.9 Å². The Balaban J connectivity index is 1.92. The Morgan fingerprint density at radius 2 is 1.77 bits per heavy atom. The van der Waals surface area contributed by atoms with Crippen molar-refractivity contribution in [1.29, 1.82) is 0 Å². The van der Waals surface area contributed by atoms with Crippen molar-refractivity contribution in [3.05, 3.63) is 42.0 Å². The molecule has 0 aliphatic carbocycles. The molecular weight excluding hydrogens is 468 g/mol. The van der Waals surface area contributed by atoms with E-state index in [9.17, 15) is 4.79 Å². The first-order valence-electron chi connectivity index (χ1n) is 11.3. The molecule has 0 N–H and O–H groups in total. The first kappa shape index (κ1) is 24.6. The van der Waals surface area contributed by atoms with Crippen LogP contribution in [0, 0.1) is 0 Å². The van der Waals surface area contributed by atoms with Gasteiger partial charge in [0.1, 0.15) is 5.75 Å². The van der Waals surface area contributed by atoms with Gasteiger partial charge < -0.3 is 18.9 Å². The maximum absolute atomic E-state index is 13.1. The summed E-state index contributed by atoms with van der Waals surface area (Å²) in [7, 11) is 4.65. The Hall–Kier alpha value is -3.53. The SMILES string of the molecule is CCCCSc1nnc2c(n1)OC(c1cc(OC)c(OC)cc1OC)N(C(C)=O)c1ccccc1-2. The highest BCUT2D eigenvalue weighted by Crippen LogP contribution is 2.46. The zero-order valence-corrected chi connectivity index (χ0v) is 21.2. The van der Waals surface area contributed by atoms with Crippen LogP contribution in [0.15, 0.2) is 41.6 Å². The number of para-hydroxylation sites is 1. The number of carbonyl (C=O) groups excluding carboxylic acids is 1. The molecule has 1 unspecified atom stereocenters. The number of aromatic nitrogens is 3. The molecule has 0 saturated carbocycles. The molecule has 1 aromatic heterocycles. The highest BCUT2D eigenvalue weighted by Gasteiger charge is 2.36. The van der Waals surface area contributed by atoms with Gasteiger partial charge in [-0.15, -0.1) is 10.2 Å². The molecule has 4 rings (SSSR count). The fourth-order valence-corrected chi connectivity index (χ4v) is 4.73. The molecule has 1 amide bonds. The zero-order valence-electron chi connectivity index (χ0n) is 20.4. The number of amides is 1. The Bertz CT molecular complexity index is 1220. The number of carbonyl (C=O) groups is 1. The summed E-state index contributed by atoms with van der Waals surface area (Å²) in [4.78, 5) is 19.3. The van der Waals surface area contributed by atoms with E-state index in [2.05, 4.69) is 22.1 Å². The van der Waals surface area contributed by atoms with Crippen molar-refractivity contribution in [1.82, 2.24) is 15.2 Å². The molecule has 0 fully saturated rings. The lowest BCUT2D eigenvalue weighted by atomic mass is 10.1. The molecule has 1 atom stereocenters. The molecule has 0 bridgehead atoms. The Labute approximate surface area is 208 Å². The Kier molecular flexibility index (Phi) is 7.60. The molecule has 0 saturated heterocycles. The number of hydrogen-bond acceptors (Lipinski definition) is 9. The second-order valence-electron chi connectivity index (χ2n) is 7.78. The van der Waals surface area contributed by atoms with Gasteiger partial charge in [0, 0.05) is 24.3 Å². The van der Waals surface area contributed by atoms with Crippen LogP contribution in [-0.4, -0.2) is 48.2 Å². The van der Waals surface area contributed by atoms with Crippen LogP contribution in [0.2, 0.25) is 0 Å². The Morgan fingerprint density at radius 1 is 1.06 bits per heavy atom. The van der Waals surface area contributed by atoms with Gasteiger partial charge in [-0.2, -0.15) is 4.98 Å². The molecule has 1 aliphatic rings. The van der Waals surface area contributed by atoms with E-state index in [4.69, 9.17) is 18.9 Å². The van der Waals surface area contributed by atoms with Crippen molar-refractivity contribution < 1.29 is 23.7 Å². The number of unbranched alkanes of at least 4 members (excludes halogenated alkanes) is 1. The van der Waals surface area contributed by atoms with E-state index in [-0.39, 0.29) is 11.8 Å². The highest BCUT2D eigenvalue weighted by molar-refractivity contribution is 7.99. The van der Waals surface area contributed by atoms with Crippen LogP contribution >= 0.6 is 11.8 Å². The Morgan fingerprint density at radius 3 is 2.46 bits per heavy atom. The van der Waals surface area contributed by atoms with Crippen LogP contribution in [0.1, 0.15) is 38.5 Å². The summed E-state index contributed by atoms with van der Waals surface area (Å²) in [6, 6.07) is 10.9. The van der Waals surface area contributed by atoms with Gasteiger partial charge in [0.25, 0.3) is 0 Å². The van der Waals surface area contributed by atoms with E-state index in [0.717, 1.165) is 18.6 Å². The minimum Gasteiger partial charge on any atom is -0.496 e. The second-order valence-corrected chi connectivity index (χ2v) is 8.84. The molecule has 184 valence electrons. The zero-order chi connectivity index (χ0) is 24.9. The normalized spacial score (nSPS) is 14.3. The number of rotatable bonds is 8. The van der Waals surface area contributed by atoms with Crippen molar-refractivity contribution in [2.24, 2.45) is 0 Å². The third-order valence-corrected chi connectivity index (χ3v) is 6.51. The summed E-state index contributed by atoms with van der Waals surface area (Å²) in [5, 5.41) is 9.28. The lowest BCUT2D eigenvalue weighted by molar-refractivity contribution is -0.118. The van der Waals surface area contributed by atoms with E-state index < -0.39 is 6.23 Å². The van der Waals surface area contributed by atoms with Crippen molar-refractivity contribution in [2.75, 3.05) is 32.0 Å². The van der Waals surface area contributed by atoms with E-state index in [1.807, 2.05) is 24.3 Å². The maximum Gasteiger partial charge on any atom is 0.247 e.